The Morgan fingerprint density at radius 2 is 1.92 bits per heavy atom. The molecule has 1 aliphatic heterocycles. The fraction of sp³-hybridized carbons (Fsp3) is 0.526. The summed E-state index contributed by atoms with van der Waals surface area (Å²) in [5.74, 6) is -0.578. The van der Waals surface area contributed by atoms with E-state index >= 15 is 0 Å². The Bertz CT molecular complexity index is 700. The molecule has 1 aromatic rings. The van der Waals surface area contributed by atoms with Crippen LogP contribution in [0.5, 0.6) is 5.75 Å². The molecule has 1 heterocycles. The molecule has 0 N–H and O–H groups in total. The minimum absolute atomic E-state index is 0.0247. The van der Waals surface area contributed by atoms with Gasteiger partial charge in [-0.1, -0.05) is 18.2 Å². The molecule has 0 aromatic heterocycles. The summed E-state index contributed by atoms with van der Waals surface area (Å²) in [7, 11) is 1.47. The van der Waals surface area contributed by atoms with E-state index in [9.17, 15) is 14.4 Å². The zero-order chi connectivity index (χ0) is 18.2. The number of rotatable bonds is 5. The van der Waals surface area contributed by atoms with Gasteiger partial charge in [0.25, 0.3) is 5.91 Å². The maximum Gasteiger partial charge on any atom is 0.291 e. The molecule has 1 saturated carbocycles. The number of nitrogens with zero attached hydrogens (tertiary/aromatic N) is 1. The summed E-state index contributed by atoms with van der Waals surface area (Å²) in [6, 6.07) is 7.18. The first-order chi connectivity index (χ1) is 12.0. The number of fused-ring (bicyclic) bond motifs is 3. The number of carbonyl (C=O) groups is 3. The molecule has 0 saturated heterocycles. The molecule has 1 aliphatic carbocycles. The normalized spacial score (nSPS) is 27.2. The van der Waals surface area contributed by atoms with E-state index in [1.54, 1.807) is 12.1 Å². The molecule has 0 bridgehead atoms. The van der Waals surface area contributed by atoms with Crippen LogP contribution in [0.1, 0.15) is 32.3 Å². The van der Waals surface area contributed by atoms with E-state index in [2.05, 4.69) is 0 Å². The van der Waals surface area contributed by atoms with E-state index in [4.69, 9.17) is 9.47 Å². The van der Waals surface area contributed by atoms with E-state index in [-0.39, 0.29) is 18.6 Å². The Morgan fingerprint density at radius 1 is 1.24 bits per heavy atom. The van der Waals surface area contributed by atoms with E-state index in [0.717, 1.165) is 0 Å². The molecule has 0 unspecified atom stereocenters. The van der Waals surface area contributed by atoms with Crippen molar-refractivity contribution < 1.29 is 23.9 Å². The minimum atomic E-state index is -1.26. The summed E-state index contributed by atoms with van der Waals surface area (Å²) in [6.07, 6.45) is -1.22. The molecule has 6 heteroatoms. The maximum absolute atomic E-state index is 13.4. The number of hydrogen-bond acceptors (Lipinski definition) is 5. The second-order valence-corrected chi connectivity index (χ2v) is 6.45. The highest BCUT2D eigenvalue weighted by atomic mass is 16.5. The van der Waals surface area contributed by atoms with E-state index in [0.29, 0.717) is 24.4 Å². The number of amides is 1. The third kappa shape index (κ3) is 2.47. The summed E-state index contributed by atoms with van der Waals surface area (Å²) in [6.45, 7) is 4.56. The van der Waals surface area contributed by atoms with Gasteiger partial charge in [0.2, 0.25) is 5.78 Å². The lowest BCUT2D eigenvalue weighted by molar-refractivity contribution is -0.157. The van der Waals surface area contributed by atoms with Crippen molar-refractivity contribution in [2.24, 2.45) is 0 Å². The zero-order valence-corrected chi connectivity index (χ0v) is 14.8. The summed E-state index contributed by atoms with van der Waals surface area (Å²) >= 11 is 0. The second-order valence-electron chi connectivity index (χ2n) is 6.45. The first-order valence-corrected chi connectivity index (χ1v) is 8.64. The number of carbonyl (C=O) groups excluding carboxylic acids is 3. The molecular weight excluding hydrogens is 322 g/mol. The third-order valence-corrected chi connectivity index (χ3v) is 5.35. The Hall–Kier alpha value is -2.21. The predicted octanol–water partition coefficient (Wildman–Crippen LogP) is 1.50. The van der Waals surface area contributed by atoms with Gasteiger partial charge in [0.05, 0.1) is 6.10 Å². The Kier molecular flexibility index (Phi) is 4.64. The van der Waals surface area contributed by atoms with Crippen molar-refractivity contribution in [3.05, 3.63) is 29.8 Å². The standard InChI is InChI=1S/C19H23NO5/c1-4-20(5-2)18(23)17(22)19-13-8-6-7-9-14(13)25-16(19)11-12(21)10-15(19)24-3/h6-9,15-16H,4-5,10-11H2,1-3H3/t15-,16+,19+/m1/s1. The number of hydrogen-bond donors (Lipinski definition) is 0. The molecular formula is C19H23NO5. The summed E-state index contributed by atoms with van der Waals surface area (Å²) < 4.78 is 11.5. The van der Waals surface area contributed by atoms with Gasteiger partial charge in [-0.3, -0.25) is 14.4 Å². The van der Waals surface area contributed by atoms with Crippen molar-refractivity contribution in [2.75, 3.05) is 20.2 Å². The maximum atomic E-state index is 13.4. The lowest BCUT2D eigenvalue weighted by Crippen LogP contribution is -2.62. The second kappa shape index (κ2) is 6.59. The van der Waals surface area contributed by atoms with Crippen LogP contribution < -0.4 is 4.74 Å². The number of benzene rings is 1. The van der Waals surface area contributed by atoms with Crippen LogP contribution >= 0.6 is 0 Å². The van der Waals surface area contributed by atoms with Crippen LogP contribution in [0.15, 0.2) is 24.3 Å². The van der Waals surface area contributed by atoms with Crippen molar-refractivity contribution in [1.29, 1.82) is 0 Å². The molecule has 1 amide bonds. The average Bonchev–Trinajstić information content (AvgIpc) is 2.95. The topological polar surface area (TPSA) is 72.9 Å². The van der Waals surface area contributed by atoms with Crippen LogP contribution in [0, 0.1) is 0 Å². The molecule has 6 nitrogen and oxygen atoms in total. The van der Waals surface area contributed by atoms with Crippen molar-refractivity contribution in [3.8, 4) is 5.75 Å². The van der Waals surface area contributed by atoms with Crippen LogP contribution in [0.3, 0.4) is 0 Å². The average molecular weight is 345 g/mol. The highest BCUT2D eigenvalue weighted by Crippen LogP contribution is 2.51. The number of likely N-dealkylation sites (N-methyl/N-ethyl adjacent to an activating group) is 1. The van der Waals surface area contributed by atoms with Gasteiger partial charge < -0.3 is 14.4 Å². The van der Waals surface area contributed by atoms with Crippen LogP contribution in [0.2, 0.25) is 0 Å². The zero-order valence-electron chi connectivity index (χ0n) is 14.8. The fourth-order valence-corrected chi connectivity index (χ4v) is 4.09. The van der Waals surface area contributed by atoms with Gasteiger partial charge >= 0.3 is 0 Å². The highest BCUT2D eigenvalue weighted by molar-refractivity contribution is 6.40. The van der Waals surface area contributed by atoms with Gasteiger partial charge in [-0.05, 0) is 19.9 Å². The van der Waals surface area contributed by atoms with Crippen LogP contribution in [-0.4, -0.2) is 54.8 Å². The third-order valence-electron chi connectivity index (χ3n) is 5.35. The minimum Gasteiger partial charge on any atom is -0.488 e. The lowest BCUT2D eigenvalue weighted by Gasteiger charge is -2.42. The Balaban J connectivity index is 2.16. The highest BCUT2D eigenvalue weighted by Gasteiger charge is 2.64. The SMILES string of the molecule is CCN(CC)C(=O)C(=O)[C@]12c3ccccc3O[C@H]1CC(=O)C[C@H]2OC. The van der Waals surface area contributed by atoms with Crippen molar-refractivity contribution in [3.63, 3.8) is 0 Å². The van der Waals surface area contributed by atoms with Gasteiger partial charge in [-0.25, -0.2) is 0 Å². The van der Waals surface area contributed by atoms with Gasteiger partial charge in [0.1, 0.15) is 23.1 Å². The first kappa shape index (κ1) is 17.6. The van der Waals surface area contributed by atoms with Gasteiger partial charge in [-0.15, -0.1) is 0 Å². The van der Waals surface area contributed by atoms with Crippen LogP contribution in [0.25, 0.3) is 0 Å². The Labute approximate surface area is 147 Å². The first-order valence-electron chi connectivity index (χ1n) is 8.64. The quantitative estimate of drug-likeness (QED) is 0.756. The van der Waals surface area contributed by atoms with Crippen molar-refractivity contribution in [2.45, 2.75) is 44.3 Å². The molecule has 134 valence electrons. The monoisotopic (exact) mass is 345 g/mol. The van der Waals surface area contributed by atoms with E-state index in [1.807, 2.05) is 26.0 Å². The summed E-state index contributed by atoms with van der Waals surface area (Å²) in [5.41, 5.74) is -0.622. The number of Topliss-reactive ketones (excluding diaryl/α,β-unsaturated/α-hetero) is 2. The molecule has 3 rings (SSSR count). The largest absolute Gasteiger partial charge is 0.488 e. The number of ketones is 2. The smallest absolute Gasteiger partial charge is 0.291 e. The molecule has 0 radical (unpaired) electrons. The van der Waals surface area contributed by atoms with Crippen LogP contribution in [0.4, 0.5) is 0 Å². The number of ether oxygens (including phenoxy) is 2. The van der Waals surface area contributed by atoms with E-state index in [1.165, 1.54) is 12.0 Å². The number of para-hydroxylation sites is 1. The molecule has 25 heavy (non-hydrogen) atoms. The molecule has 0 spiro atoms. The summed E-state index contributed by atoms with van der Waals surface area (Å²) in [4.78, 5) is 40.0. The fourth-order valence-electron chi connectivity index (χ4n) is 4.09. The lowest BCUT2D eigenvalue weighted by atomic mass is 9.63. The van der Waals surface area contributed by atoms with E-state index < -0.39 is 29.3 Å². The molecule has 3 atom stereocenters. The van der Waals surface area contributed by atoms with Gasteiger partial charge in [-0.2, -0.15) is 0 Å². The number of methoxy groups -OCH3 is 1. The Morgan fingerprint density at radius 3 is 2.56 bits per heavy atom. The van der Waals surface area contributed by atoms with Crippen molar-refractivity contribution >= 4 is 17.5 Å². The summed E-state index contributed by atoms with van der Waals surface area (Å²) in [5, 5.41) is 0. The molecule has 1 fully saturated rings. The van der Waals surface area contributed by atoms with Crippen molar-refractivity contribution in [1.82, 2.24) is 4.90 Å². The predicted molar refractivity (Wildman–Crippen MR) is 90.5 cm³/mol. The molecule has 2 aliphatic rings. The van der Waals surface area contributed by atoms with Gasteiger partial charge in [0, 0.05) is 38.6 Å². The molecule has 1 aromatic carbocycles. The van der Waals surface area contributed by atoms with Crippen LogP contribution in [-0.2, 0) is 24.5 Å². The van der Waals surface area contributed by atoms with Gasteiger partial charge in [0.15, 0.2) is 0 Å².